The molecule has 3 rings (SSSR count). The maximum absolute atomic E-state index is 13.3. The van der Waals surface area contributed by atoms with Gasteiger partial charge in [0, 0.05) is 38.1 Å². The minimum Gasteiger partial charge on any atom is -0.465 e. The molecule has 0 saturated carbocycles. The van der Waals surface area contributed by atoms with Crippen molar-refractivity contribution in [3.63, 3.8) is 0 Å². The Hall–Kier alpha value is -3.38. The lowest BCUT2D eigenvalue weighted by atomic mass is 9.93. The zero-order valence-electron chi connectivity index (χ0n) is 19.0. The minimum atomic E-state index is -4.96. The third-order valence-corrected chi connectivity index (χ3v) is 7.55. The topological polar surface area (TPSA) is 149 Å². The first-order valence-electron chi connectivity index (χ1n) is 10.6. The predicted molar refractivity (Wildman–Crippen MR) is 125 cm³/mol. The summed E-state index contributed by atoms with van der Waals surface area (Å²) in [5.41, 5.74) is 2.10. The van der Waals surface area contributed by atoms with Gasteiger partial charge in [-0.2, -0.15) is 17.5 Å². The fraction of sp³-hybridized carbons (Fsp3) is 0.364. The monoisotopic (exact) mass is 527 g/mol. The number of halogens is 3. The van der Waals surface area contributed by atoms with E-state index in [0.717, 1.165) is 18.3 Å². The van der Waals surface area contributed by atoms with Crippen molar-refractivity contribution in [3.8, 4) is 11.8 Å². The lowest BCUT2D eigenvalue weighted by Crippen LogP contribution is -2.54. The fourth-order valence-electron chi connectivity index (χ4n) is 3.77. The number of hydrogen-bond donors (Lipinski definition) is 4. The number of piperazine rings is 1. The van der Waals surface area contributed by atoms with Crippen LogP contribution in [0.1, 0.15) is 12.5 Å². The van der Waals surface area contributed by atoms with E-state index in [9.17, 15) is 31.5 Å². The zero-order chi connectivity index (χ0) is 26.7. The molecule has 1 aliphatic rings. The highest BCUT2D eigenvalue weighted by Gasteiger charge is 2.54. The highest BCUT2D eigenvalue weighted by Crippen LogP contribution is 2.39. The number of benzene rings is 1. The van der Waals surface area contributed by atoms with Gasteiger partial charge in [0.05, 0.1) is 0 Å². The van der Waals surface area contributed by atoms with Crippen molar-refractivity contribution in [3.05, 3.63) is 48.2 Å². The van der Waals surface area contributed by atoms with E-state index in [1.165, 1.54) is 28.6 Å². The van der Waals surface area contributed by atoms with Gasteiger partial charge < -0.3 is 20.8 Å². The molecule has 0 bridgehead atoms. The van der Waals surface area contributed by atoms with Crippen molar-refractivity contribution < 1.29 is 36.6 Å². The van der Waals surface area contributed by atoms with Crippen LogP contribution in [0.2, 0.25) is 0 Å². The van der Waals surface area contributed by atoms with Gasteiger partial charge in [-0.15, -0.1) is 5.92 Å². The van der Waals surface area contributed by atoms with Crippen LogP contribution in [0.15, 0.2) is 47.5 Å². The number of nitrogens with one attached hydrogen (secondary N) is 1. The number of amides is 1. The van der Waals surface area contributed by atoms with Gasteiger partial charge in [0.1, 0.15) is 16.8 Å². The van der Waals surface area contributed by atoms with E-state index < -0.39 is 46.0 Å². The van der Waals surface area contributed by atoms with Crippen molar-refractivity contribution in [2.45, 2.75) is 29.6 Å². The molecule has 1 unspecified atom stereocenters. The number of aromatic nitrogens is 1. The van der Waals surface area contributed by atoms with Crippen LogP contribution >= 0.6 is 0 Å². The lowest BCUT2D eigenvalue weighted by molar-refractivity contribution is -0.262. The number of carboxylic acid groups (broad SMARTS) is 1. The number of anilines is 2. The van der Waals surface area contributed by atoms with E-state index in [2.05, 4.69) is 16.8 Å². The summed E-state index contributed by atoms with van der Waals surface area (Å²) in [6.07, 6.45) is -5.25. The van der Waals surface area contributed by atoms with Gasteiger partial charge in [-0.3, -0.25) is 5.32 Å². The predicted octanol–water partition coefficient (Wildman–Crippen LogP) is 1.78. The average molecular weight is 528 g/mol. The van der Waals surface area contributed by atoms with E-state index >= 15 is 0 Å². The van der Waals surface area contributed by atoms with Crippen LogP contribution in [0.4, 0.5) is 29.5 Å². The SMILES string of the molecule is CC#C[C@H]1CN(S(=O)(=O)c2ccc(NC(=O)O)nc2)CCN1c1ccc(C(O)(CN)C(F)(F)F)cc1. The summed E-state index contributed by atoms with van der Waals surface area (Å²) in [6, 6.07) is 6.91. The van der Waals surface area contributed by atoms with Gasteiger partial charge in [0.15, 0.2) is 5.60 Å². The summed E-state index contributed by atoms with van der Waals surface area (Å²) in [5, 5.41) is 20.8. The summed E-state index contributed by atoms with van der Waals surface area (Å²) < 4.78 is 67.5. The second-order valence-electron chi connectivity index (χ2n) is 7.88. The summed E-state index contributed by atoms with van der Waals surface area (Å²) in [7, 11) is -3.98. The normalized spacial score (nSPS) is 18.6. The first-order valence-corrected chi connectivity index (χ1v) is 12.0. The van der Waals surface area contributed by atoms with Crippen molar-refractivity contribution in [1.82, 2.24) is 9.29 Å². The molecular weight excluding hydrogens is 503 g/mol. The highest BCUT2D eigenvalue weighted by molar-refractivity contribution is 7.89. The van der Waals surface area contributed by atoms with Crippen molar-refractivity contribution in [1.29, 1.82) is 0 Å². The number of sulfonamides is 1. The van der Waals surface area contributed by atoms with Crippen LogP contribution in [0.3, 0.4) is 0 Å². The molecular formula is C22H24F3N5O5S. The van der Waals surface area contributed by atoms with Gasteiger partial charge in [0.2, 0.25) is 10.0 Å². The molecule has 1 amide bonds. The molecule has 1 aromatic heterocycles. The number of nitrogens with two attached hydrogens (primary N) is 1. The maximum atomic E-state index is 13.3. The summed E-state index contributed by atoms with van der Waals surface area (Å²) in [5.74, 6) is 5.64. The minimum absolute atomic E-state index is 0.0310. The first kappa shape index (κ1) is 27.2. The van der Waals surface area contributed by atoms with E-state index in [1.54, 1.807) is 11.8 Å². The number of hydrogen-bond acceptors (Lipinski definition) is 7. The number of aliphatic hydroxyl groups is 1. The molecule has 36 heavy (non-hydrogen) atoms. The third-order valence-electron chi connectivity index (χ3n) is 5.70. The van der Waals surface area contributed by atoms with Gasteiger partial charge in [-0.05, 0) is 36.8 Å². The number of alkyl halides is 3. The van der Waals surface area contributed by atoms with Crippen LogP contribution in [0.25, 0.3) is 0 Å². The number of carbonyl (C=O) groups is 1. The van der Waals surface area contributed by atoms with Crippen molar-refractivity contribution >= 4 is 27.6 Å². The Morgan fingerprint density at radius 1 is 1.22 bits per heavy atom. The molecule has 1 aliphatic heterocycles. The van der Waals surface area contributed by atoms with E-state index in [0.29, 0.717) is 5.69 Å². The number of pyridine rings is 1. The van der Waals surface area contributed by atoms with E-state index in [-0.39, 0.29) is 30.3 Å². The average Bonchev–Trinajstić information content (AvgIpc) is 2.83. The number of nitrogens with zero attached hydrogens (tertiary/aromatic N) is 3. The van der Waals surface area contributed by atoms with Crippen molar-refractivity contribution in [2.24, 2.45) is 5.73 Å². The molecule has 1 aromatic carbocycles. The molecule has 1 fully saturated rings. The van der Waals surface area contributed by atoms with Gasteiger partial charge in [-0.25, -0.2) is 18.2 Å². The molecule has 2 heterocycles. The van der Waals surface area contributed by atoms with E-state index in [1.807, 2.05) is 5.32 Å². The number of rotatable bonds is 6. The molecule has 14 heteroatoms. The van der Waals surface area contributed by atoms with Crippen molar-refractivity contribution in [2.75, 3.05) is 36.4 Å². The molecule has 2 aromatic rings. The zero-order valence-corrected chi connectivity index (χ0v) is 19.8. The Labute approximate surface area is 205 Å². The molecule has 0 radical (unpaired) electrons. The molecule has 194 valence electrons. The van der Waals surface area contributed by atoms with Gasteiger partial charge in [0.25, 0.3) is 0 Å². The van der Waals surface area contributed by atoms with Crippen LogP contribution in [0, 0.1) is 11.8 Å². The first-order chi connectivity index (χ1) is 16.8. The Kier molecular flexibility index (Phi) is 7.79. The van der Waals surface area contributed by atoms with Crippen LogP contribution < -0.4 is 16.0 Å². The summed E-state index contributed by atoms with van der Waals surface area (Å²) in [6.45, 7) is 0.742. The van der Waals surface area contributed by atoms with Crippen LogP contribution in [-0.2, 0) is 15.6 Å². The van der Waals surface area contributed by atoms with Crippen LogP contribution in [0.5, 0.6) is 0 Å². The maximum Gasteiger partial charge on any atom is 0.422 e. The van der Waals surface area contributed by atoms with E-state index in [4.69, 9.17) is 10.8 Å². The van der Waals surface area contributed by atoms with Gasteiger partial charge in [-0.1, -0.05) is 18.1 Å². The third kappa shape index (κ3) is 5.39. The standard InChI is InChI=1S/C22H24F3N5O5S/c1-2-3-17-13-29(36(34,35)18-8-9-19(27-12-18)28-20(31)32)10-11-30(17)16-6-4-15(5-7-16)21(33,14-26)22(23,24)25/h4-9,12,17,33H,10-11,13-14,26H2,1H3,(H,27,28)(H,31,32)/t17-,21?/m0/s1. The second kappa shape index (κ2) is 10.3. The van der Waals surface area contributed by atoms with Crippen LogP contribution in [-0.4, -0.2) is 72.4 Å². The lowest BCUT2D eigenvalue weighted by Gasteiger charge is -2.40. The largest absolute Gasteiger partial charge is 0.465 e. The molecule has 2 atom stereocenters. The highest BCUT2D eigenvalue weighted by atomic mass is 32.2. The Bertz CT molecular complexity index is 1260. The smallest absolute Gasteiger partial charge is 0.422 e. The quantitative estimate of drug-likeness (QED) is 0.416. The molecule has 0 spiro atoms. The summed E-state index contributed by atoms with van der Waals surface area (Å²) in [4.78, 5) is 16.1. The second-order valence-corrected chi connectivity index (χ2v) is 9.82. The molecule has 10 nitrogen and oxygen atoms in total. The molecule has 5 N–H and O–H groups in total. The Morgan fingerprint density at radius 3 is 2.39 bits per heavy atom. The fourth-order valence-corrected chi connectivity index (χ4v) is 5.15. The summed E-state index contributed by atoms with van der Waals surface area (Å²) >= 11 is 0. The molecule has 0 aliphatic carbocycles. The Balaban J connectivity index is 1.82. The van der Waals surface area contributed by atoms with Gasteiger partial charge >= 0.3 is 12.3 Å². The molecule has 1 saturated heterocycles. The Morgan fingerprint density at radius 2 is 1.89 bits per heavy atom.